The Balaban J connectivity index is 3.50. The third-order valence-electron chi connectivity index (χ3n) is 1.25. The molecule has 0 radical (unpaired) electrons. The minimum absolute atomic E-state index is 0.0735. The van der Waals surface area contributed by atoms with Crippen molar-refractivity contribution < 1.29 is 14.6 Å². The quantitative estimate of drug-likeness (QED) is 0.291. The van der Waals surface area contributed by atoms with Gasteiger partial charge in [-0.05, 0) is 12.0 Å². The Kier molecular flexibility index (Phi) is 6.68. The zero-order chi connectivity index (χ0) is 10.1. The number of nitrogens with zero attached hydrogens (tertiary/aromatic N) is 3. The van der Waals surface area contributed by atoms with Crippen molar-refractivity contribution in [3.05, 3.63) is 10.4 Å². The summed E-state index contributed by atoms with van der Waals surface area (Å²) in [5.41, 5.74) is 7.92. The lowest BCUT2D eigenvalue weighted by Crippen LogP contribution is -2.20. The van der Waals surface area contributed by atoms with Crippen LogP contribution in [-0.2, 0) is 9.53 Å². The molecule has 0 fully saturated rings. The number of azide groups is 1. The SMILES string of the molecule is CCCC(=O)OCC(O)CN=[N+]=[N-]. The van der Waals surface area contributed by atoms with E-state index in [1.54, 1.807) is 0 Å². The van der Waals surface area contributed by atoms with E-state index < -0.39 is 6.10 Å². The van der Waals surface area contributed by atoms with Gasteiger partial charge in [0.25, 0.3) is 0 Å². The van der Waals surface area contributed by atoms with Gasteiger partial charge in [0.15, 0.2) is 0 Å². The Labute approximate surface area is 76.1 Å². The summed E-state index contributed by atoms with van der Waals surface area (Å²) in [5.74, 6) is -0.345. The van der Waals surface area contributed by atoms with Gasteiger partial charge in [-0.15, -0.1) is 0 Å². The van der Waals surface area contributed by atoms with Gasteiger partial charge in [-0.3, -0.25) is 4.79 Å². The molecular formula is C7H13N3O3. The van der Waals surface area contributed by atoms with Gasteiger partial charge >= 0.3 is 5.97 Å². The minimum Gasteiger partial charge on any atom is -0.463 e. The molecule has 0 bridgehead atoms. The third-order valence-corrected chi connectivity index (χ3v) is 1.25. The summed E-state index contributed by atoms with van der Waals surface area (Å²) < 4.78 is 4.67. The largest absolute Gasteiger partial charge is 0.463 e. The van der Waals surface area contributed by atoms with E-state index in [1.807, 2.05) is 6.92 Å². The lowest BCUT2D eigenvalue weighted by atomic mass is 10.3. The van der Waals surface area contributed by atoms with Gasteiger partial charge < -0.3 is 9.84 Å². The number of aliphatic hydroxyl groups is 1. The fourth-order valence-corrected chi connectivity index (χ4v) is 0.649. The van der Waals surface area contributed by atoms with Gasteiger partial charge in [-0.1, -0.05) is 12.0 Å². The van der Waals surface area contributed by atoms with Crippen molar-refractivity contribution in [3.63, 3.8) is 0 Å². The van der Waals surface area contributed by atoms with Gasteiger partial charge in [-0.25, -0.2) is 0 Å². The summed E-state index contributed by atoms with van der Waals surface area (Å²) in [4.78, 5) is 13.2. The molecular weight excluding hydrogens is 174 g/mol. The minimum atomic E-state index is -0.906. The fourth-order valence-electron chi connectivity index (χ4n) is 0.649. The second-order valence-electron chi connectivity index (χ2n) is 2.50. The molecule has 1 atom stereocenters. The van der Waals surface area contributed by atoms with Crippen LogP contribution in [0.25, 0.3) is 10.4 Å². The highest BCUT2D eigenvalue weighted by Crippen LogP contribution is 1.93. The Bertz CT molecular complexity index is 201. The summed E-state index contributed by atoms with van der Waals surface area (Å²) in [5, 5.41) is 12.2. The first-order chi connectivity index (χ1) is 6.20. The normalized spacial score (nSPS) is 11.5. The van der Waals surface area contributed by atoms with Crippen molar-refractivity contribution in [2.45, 2.75) is 25.9 Å². The number of aliphatic hydroxyl groups excluding tert-OH is 1. The van der Waals surface area contributed by atoms with Crippen molar-refractivity contribution >= 4 is 5.97 Å². The Morgan fingerprint density at radius 1 is 1.77 bits per heavy atom. The summed E-state index contributed by atoms with van der Waals surface area (Å²) >= 11 is 0. The van der Waals surface area contributed by atoms with Gasteiger partial charge in [0.05, 0.1) is 12.6 Å². The van der Waals surface area contributed by atoms with Crippen LogP contribution in [0.3, 0.4) is 0 Å². The van der Waals surface area contributed by atoms with Crippen molar-refractivity contribution in [1.29, 1.82) is 0 Å². The standard InChI is InChI=1S/C7H13N3O3/c1-2-3-7(12)13-5-6(11)4-9-10-8/h6,11H,2-5H2,1H3. The number of ether oxygens (including phenoxy) is 1. The van der Waals surface area contributed by atoms with Crippen LogP contribution in [0.2, 0.25) is 0 Å². The molecule has 0 saturated heterocycles. The average molecular weight is 187 g/mol. The molecule has 0 aliphatic heterocycles. The second kappa shape index (κ2) is 7.39. The highest BCUT2D eigenvalue weighted by atomic mass is 16.5. The first-order valence-electron chi connectivity index (χ1n) is 4.05. The molecule has 0 rings (SSSR count). The number of hydrogen-bond donors (Lipinski definition) is 1. The smallest absolute Gasteiger partial charge is 0.305 e. The molecule has 6 nitrogen and oxygen atoms in total. The van der Waals surface area contributed by atoms with Gasteiger partial charge in [0.1, 0.15) is 6.61 Å². The molecule has 0 spiro atoms. The van der Waals surface area contributed by atoms with Crippen LogP contribution in [0.5, 0.6) is 0 Å². The number of esters is 1. The Hall–Kier alpha value is -1.26. The third kappa shape index (κ3) is 7.11. The molecule has 0 aliphatic rings. The van der Waals surface area contributed by atoms with E-state index >= 15 is 0 Å². The van der Waals surface area contributed by atoms with Crippen molar-refractivity contribution in [2.24, 2.45) is 5.11 Å². The number of hydrogen-bond acceptors (Lipinski definition) is 4. The van der Waals surface area contributed by atoms with Crippen LogP contribution in [0, 0.1) is 0 Å². The molecule has 0 aromatic carbocycles. The molecule has 74 valence electrons. The second-order valence-corrected chi connectivity index (χ2v) is 2.50. The lowest BCUT2D eigenvalue weighted by molar-refractivity contribution is -0.146. The van der Waals surface area contributed by atoms with E-state index in [9.17, 15) is 4.79 Å². The number of rotatable bonds is 6. The maximum Gasteiger partial charge on any atom is 0.305 e. The monoisotopic (exact) mass is 187 g/mol. The molecule has 0 saturated carbocycles. The summed E-state index contributed by atoms with van der Waals surface area (Å²) in [6.07, 6.45) is 0.149. The molecule has 0 amide bonds. The molecule has 1 unspecified atom stereocenters. The average Bonchev–Trinajstić information content (AvgIpc) is 2.12. The van der Waals surface area contributed by atoms with E-state index in [4.69, 9.17) is 10.6 Å². The predicted octanol–water partition coefficient (Wildman–Crippen LogP) is 1.00. The number of carbonyl (C=O) groups is 1. The molecule has 0 heterocycles. The maximum atomic E-state index is 10.8. The van der Waals surface area contributed by atoms with E-state index in [-0.39, 0.29) is 19.1 Å². The highest BCUT2D eigenvalue weighted by molar-refractivity contribution is 5.69. The molecule has 0 aromatic heterocycles. The van der Waals surface area contributed by atoms with Gasteiger partial charge in [0, 0.05) is 11.3 Å². The van der Waals surface area contributed by atoms with Crippen LogP contribution in [-0.4, -0.2) is 30.3 Å². The lowest BCUT2D eigenvalue weighted by Gasteiger charge is -2.07. The fraction of sp³-hybridized carbons (Fsp3) is 0.857. The van der Waals surface area contributed by atoms with E-state index in [2.05, 4.69) is 14.8 Å². The van der Waals surface area contributed by atoms with E-state index in [0.717, 1.165) is 0 Å². The first kappa shape index (κ1) is 11.7. The van der Waals surface area contributed by atoms with Crippen LogP contribution >= 0.6 is 0 Å². The molecule has 1 N–H and O–H groups in total. The summed E-state index contributed by atoms with van der Waals surface area (Å²) in [6.45, 7) is 1.67. The number of carbonyl (C=O) groups excluding carboxylic acids is 1. The van der Waals surface area contributed by atoms with Gasteiger partial charge in [0.2, 0.25) is 0 Å². The van der Waals surface area contributed by atoms with Crippen LogP contribution < -0.4 is 0 Å². The van der Waals surface area contributed by atoms with Gasteiger partial charge in [-0.2, -0.15) is 0 Å². The predicted molar refractivity (Wildman–Crippen MR) is 45.9 cm³/mol. The molecule has 13 heavy (non-hydrogen) atoms. The summed E-state index contributed by atoms with van der Waals surface area (Å²) in [6, 6.07) is 0. The topological polar surface area (TPSA) is 95.3 Å². The molecule has 0 aromatic rings. The van der Waals surface area contributed by atoms with E-state index in [0.29, 0.717) is 12.8 Å². The van der Waals surface area contributed by atoms with Crippen molar-refractivity contribution in [2.75, 3.05) is 13.2 Å². The first-order valence-corrected chi connectivity index (χ1v) is 4.05. The van der Waals surface area contributed by atoms with Crippen molar-refractivity contribution in [3.8, 4) is 0 Å². The maximum absolute atomic E-state index is 10.8. The summed E-state index contributed by atoms with van der Waals surface area (Å²) in [7, 11) is 0. The van der Waals surface area contributed by atoms with Crippen LogP contribution in [0.15, 0.2) is 5.11 Å². The Morgan fingerprint density at radius 3 is 3.00 bits per heavy atom. The Morgan fingerprint density at radius 2 is 2.46 bits per heavy atom. The van der Waals surface area contributed by atoms with Crippen LogP contribution in [0.1, 0.15) is 19.8 Å². The zero-order valence-corrected chi connectivity index (χ0v) is 7.51. The van der Waals surface area contributed by atoms with Crippen LogP contribution in [0.4, 0.5) is 0 Å². The van der Waals surface area contributed by atoms with Crippen molar-refractivity contribution in [1.82, 2.24) is 0 Å². The highest BCUT2D eigenvalue weighted by Gasteiger charge is 2.06. The molecule has 6 heteroatoms. The van der Waals surface area contributed by atoms with E-state index in [1.165, 1.54) is 0 Å². The zero-order valence-electron chi connectivity index (χ0n) is 7.51. The molecule has 0 aliphatic carbocycles.